The van der Waals surface area contributed by atoms with Crippen molar-refractivity contribution in [3.63, 3.8) is 0 Å². The van der Waals surface area contributed by atoms with Crippen LogP contribution in [0.3, 0.4) is 0 Å². The molecule has 148 valence electrons. The van der Waals surface area contributed by atoms with E-state index in [-0.39, 0.29) is 0 Å². The van der Waals surface area contributed by atoms with Crippen molar-refractivity contribution in [2.45, 2.75) is 61.4 Å². The number of nitrogens with one attached hydrogen (secondary N) is 3. The molecule has 1 unspecified atom stereocenters. The van der Waals surface area contributed by atoms with Gasteiger partial charge in [-0.25, -0.2) is 18.5 Å². The summed E-state index contributed by atoms with van der Waals surface area (Å²) in [5.41, 5.74) is 5.97. The molecular weight excluding hydrogens is 394 g/mol. The summed E-state index contributed by atoms with van der Waals surface area (Å²) in [6.45, 7) is 0.756. The number of carbonyl (C=O) groups is 1. The van der Waals surface area contributed by atoms with Crippen molar-refractivity contribution in [2.75, 3.05) is 11.1 Å². The van der Waals surface area contributed by atoms with Crippen molar-refractivity contribution in [2.24, 2.45) is 0 Å². The number of hydrogen-bond acceptors (Lipinski definition) is 5. The van der Waals surface area contributed by atoms with Gasteiger partial charge in [0.05, 0.1) is 6.20 Å². The van der Waals surface area contributed by atoms with Crippen molar-refractivity contribution < 1.29 is 9.00 Å². The van der Waals surface area contributed by atoms with Crippen LogP contribution in [0, 0.1) is 4.78 Å². The number of aryl methyl sites for hydroxylation is 3. The number of nitrogens with zero attached hydrogens (tertiary/aromatic N) is 2. The lowest BCUT2D eigenvalue weighted by atomic mass is 9.99. The maximum Gasteiger partial charge on any atom is 0.331 e. The summed E-state index contributed by atoms with van der Waals surface area (Å²) in [6.07, 6.45) is 8.68. The fourth-order valence-corrected chi connectivity index (χ4v) is 6.98. The van der Waals surface area contributed by atoms with Crippen LogP contribution in [0.4, 0.5) is 10.5 Å². The molecule has 7 nitrogen and oxygen atoms in total. The van der Waals surface area contributed by atoms with Crippen LogP contribution in [0.15, 0.2) is 22.2 Å². The van der Waals surface area contributed by atoms with Crippen LogP contribution in [-0.4, -0.2) is 25.8 Å². The van der Waals surface area contributed by atoms with Gasteiger partial charge in [-0.3, -0.25) is 4.68 Å². The standard InChI is InChI=1S/C19H23N5O2S2/c20-28(26,16-11-21-24-8-3-9-27-18(16)24)23-19(25)22-17-14-6-1-4-12(14)10-13-5-2-7-15(13)17/h10-11H,1-9H2,(H3,20,22,23,25,26). The van der Waals surface area contributed by atoms with Gasteiger partial charge >= 0.3 is 6.03 Å². The highest BCUT2D eigenvalue weighted by Gasteiger charge is 2.27. The second-order valence-electron chi connectivity index (χ2n) is 7.59. The van der Waals surface area contributed by atoms with Gasteiger partial charge in [-0.1, -0.05) is 6.07 Å². The number of urea groups is 1. The molecule has 0 saturated carbocycles. The minimum atomic E-state index is -3.47. The van der Waals surface area contributed by atoms with E-state index in [2.05, 4.69) is 21.2 Å². The van der Waals surface area contributed by atoms with Crippen LogP contribution in [-0.2, 0) is 42.1 Å². The Labute approximate surface area is 168 Å². The van der Waals surface area contributed by atoms with Crippen LogP contribution >= 0.6 is 11.8 Å². The maximum atomic E-state index is 13.0. The Morgan fingerprint density at radius 1 is 1.14 bits per heavy atom. The van der Waals surface area contributed by atoms with Crippen molar-refractivity contribution in [1.82, 2.24) is 14.5 Å². The lowest BCUT2D eigenvalue weighted by molar-refractivity contribution is 0.256. The molecule has 2 aliphatic carbocycles. The molecule has 2 aromatic rings. The van der Waals surface area contributed by atoms with Crippen LogP contribution in [0.2, 0.25) is 0 Å². The average molecular weight is 418 g/mol. The predicted molar refractivity (Wildman–Crippen MR) is 109 cm³/mol. The highest BCUT2D eigenvalue weighted by atomic mass is 32.2. The lowest BCUT2D eigenvalue weighted by Gasteiger charge is -2.18. The van der Waals surface area contributed by atoms with Gasteiger partial charge in [0.25, 0.3) is 0 Å². The fourth-order valence-electron chi connectivity index (χ4n) is 4.53. The van der Waals surface area contributed by atoms with Crippen molar-refractivity contribution in [3.05, 3.63) is 34.5 Å². The maximum absolute atomic E-state index is 13.0. The molecule has 28 heavy (non-hydrogen) atoms. The first-order valence-electron chi connectivity index (χ1n) is 9.75. The fraction of sp³-hybridized carbons (Fsp3) is 0.474. The molecule has 1 aromatic heterocycles. The number of aromatic nitrogens is 2. The third kappa shape index (κ3) is 3.00. The first-order chi connectivity index (χ1) is 13.5. The molecule has 0 bridgehead atoms. The number of hydrogen-bond donors (Lipinski definition) is 3. The number of amides is 2. The zero-order chi connectivity index (χ0) is 19.3. The summed E-state index contributed by atoms with van der Waals surface area (Å²) in [4.78, 5) is 13.0. The molecule has 1 aromatic carbocycles. The number of fused-ring (bicyclic) bond motifs is 3. The van der Waals surface area contributed by atoms with Crippen molar-refractivity contribution in [3.8, 4) is 0 Å². The normalized spacial score (nSPS) is 19.4. The predicted octanol–water partition coefficient (Wildman–Crippen LogP) is 3.50. The Kier molecular flexibility index (Phi) is 4.39. The van der Waals surface area contributed by atoms with E-state index < -0.39 is 15.9 Å². The zero-order valence-electron chi connectivity index (χ0n) is 15.5. The molecule has 0 saturated heterocycles. The Morgan fingerprint density at radius 3 is 2.57 bits per heavy atom. The molecule has 0 fully saturated rings. The summed E-state index contributed by atoms with van der Waals surface area (Å²) < 4.78 is 25.5. The van der Waals surface area contributed by atoms with Crippen LogP contribution in [0.5, 0.6) is 0 Å². The smallest absolute Gasteiger partial charge is 0.307 e. The van der Waals surface area contributed by atoms with Crippen molar-refractivity contribution in [1.29, 1.82) is 4.78 Å². The quantitative estimate of drug-likeness (QED) is 0.712. The molecule has 9 heteroatoms. The van der Waals surface area contributed by atoms with E-state index in [4.69, 9.17) is 4.78 Å². The van der Waals surface area contributed by atoms with Gasteiger partial charge in [0.2, 0.25) is 0 Å². The van der Waals surface area contributed by atoms with Gasteiger partial charge < -0.3 is 5.32 Å². The van der Waals surface area contributed by atoms with Gasteiger partial charge in [0.15, 0.2) is 9.92 Å². The first-order valence-corrected chi connectivity index (χ1v) is 12.3. The van der Waals surface area contributed by atoms with Crippen molar-refractivity contribution >= 4 is 33.4 Å². The van der Waals surface area contributed by atoms with Crippen LogP contribution < -0.4 is 10.0 Å². The lowest BCUT2D eigenvalue weighted by Crippen LogP contribution is -2.34. The Morgan fingerprint density at radius 2 is 1.86 bits per heavy atom. The number of rotatable bonds is 3. The average Bonchev–Trinajstić information content (AvgIpc) is 3.39. The van der Waals surface area contributed by atoms with Gasteiger partial charge in [-0.2, -0.15) is 5.10 Å². The van der Waals surface area contributed by atoms with Gasteiger partial charge in [-0.15, -0.1) is 11.8 Å². The summed E-state index contributed by atoms with van der Waals surface area (Å²) in [5.74, 6) is 0.905. The molecule has 2 amide bonds. The van der Waals surface area contributed by atoms with Crippen LogP contribution in [0.1, 0.15) is 41.5 Å². The second kappa shape index (κ2) is 6.81. The number of thioether (sulfide) groups is 1. The monoisotopic (exact) mass is 417 g/mol. The van der Waals surface area contributed by atoms with E-state index >= 15 is 0 Å². The summed E-state index contributed by atoms with van der Waals surface area (Å²) in [6, 6.07) is 1.73. The van der Waals surface area contributed by atoms with E-state index in [0.717, 1.165) is 68.0 Å². The second-order valence-corrected chi connectivity index (χ2v) is 10.4. The zero-order valence-corrected chi connectivity index (χ0v) is 17.2. The van der Waals surface area contributed by atoms with E-state index in [0.29, 0.717) is 4.90 Å². The van der Waals surface area contributed by atoms with Crippen LogP contribution in [0.25, 0.3) is 0 Å². The van der Waals surface area contributed by atoms with E-state index in [1.807, 2.05) is 0 Å². The Hall–Kier alpha value is -2.00. The number of anilines is 1. The summed E-state index contributed by atoms with van der Waals surface area (Å²) in [5, 5.41) is 7.92. The van der Waals surface area contributed by atoms with Gasteiger partial charge in [0.1, 0.15) is 9.92 Å². The molecule has 0 spiro atoms. The highest BCUT2D eigenvalue weighted by Crippen LogP contribution is 2.38. The Bertz CT molecular complexity index is 1040. The molecule has 3 aliphatic rings. The third-order valence-electron chi connectivity index (χ3n) is 5.77. The van der Waals surface area contributed by atoms with E-state index in [1.54, 1.807) is 16.4 Å². The van der Waals surface area contributed by atoms with E-state index in [1.165, 1.54) is 28.5 Å². The van der Waals surface area contributed by atoms with Gasteiger partial charge in [0, 0.05) is 18.0 Å². The third-order valence-corrected chi connectivity index (χ3v) is 8.49. The van der Waals surface area contributed by atoms with E-state index in [9.17, 15) is 9.00 Å². The topological polar surface area (TPSA) is 99.9 Å². The molecule has 5 rings (SSSR count). The molecule has 1 atom stereocenters. The molecule has 2 heterocycles. The highest BCUT2D eigenvalue weighted by molar-refractivity contribution is 8.00. The first kappa shape index (κ1) is 18.1. The SMILES string of the molecule is N=S(=O)(NC(=O)Nc1c2c(cc3c1CCC3)CCC2)c1cnn2c1SCCC2. The summed E-state index contributed by atoms with van der Waals surface area (Å²) >= 11 is 1.54. The molecule has 3 N–H and O–H groups in total. The molecule has 1 aliphatic heterocycles. The Balaban J connectivity index is 1.41. The summed E-state index contributed by atoms with van der Waals surface area (Å²) in [7, 11) is -3.47. The molecular formula is C19H23N5O2S2. The minimum Gasteiger partial charge on any atom is -0.307 e. The molecule has 0 radical (unpaired) electrons. The number of carbonyl (C=O) groups excluding carboxylic acids is 1. The largest absolute Gasteiger partial charge is 0.331 e. The number of benzene rings is 1. The van der Waals surface area contributed by atoms with Gasteiger partial charge in [-0.05, 0) is 67.2 Å². The minimum absolute atomic E-state index is 0.302.